The number of hydrogen-bond donors (Lipinski definition) is 0. The van der Waals surface area contributed by atoms with Gasteiger partial charge in [-0.2, -0.15) is 13.2 Å². The Morgan fingerprint density at radius 1 is 1.30 bits per heavy atom. The minimum Gasteiger partial charge on any atom is -0.284 e. The molecule has 2 unspecified atom stereocenters. The highest BCUT2D eigenvalue weighted by Crippen LogP contribution is 2.41. The zero-order chi connectivity index (χ0) is 19.4. The zero-order valence-corrected chi connectivity index (χ0v) is 15.6. The lowest BCUT2D eigenvalue weighted by Gasteiger charge is -2.32. The molecule has 2 atom stereocenters. The first-order valence-electron chi connectivity index (χ1n) is 8.90. The van der Waals surface area contributed by atoms with Gasteiger partial charge in [0.05, 0.1) is 11.6 Å². The Bertz CT molecular complexity index is 788. The fourth-order valence-electron chi connectivity index (χ4n) is 3.45. The van der Waals surface area contributed by atoms with Crippen LogP contribution in [-0.4, -0.2) is 23.6 Å². The smallest absolute Gasteiger partial charge is 0.284 e. The maximum atomic E-state index is 13.1. The molecule has 7 heteroatoms. The van der Waals surface area contributed by atoms with Crippen molar-refractivity contribution in [2.24, 2.45) is 11.8 Å². The zero-order valence-electron chi connectivity index (χ0n) is 14.8. The molecule has 1 aromatic heterocycles. The molecule has 1 heterocycles. The number of hydrogen-bond acceptors (Lipinski definition) is 3. The summed E-state index contributed by atoms with van der Waals surface area (Å²) in [5, 5.41) is 2.35. The Morgan fingerprint density at radius 3 is 2.70 bits per heavy atom. The van der Waals surface area contributed by atoms with E-state index in [2.05, 4.69) is 11.6 Å². The van der Waals surface area contributed by atoms with Gasteiger partial charge >= 0.3 is 6.18 Å². The molecule has 27 heavy (non-hydrogen) atoms. The number of thiazole rings is 1. The Balaban J connectivity index is 1.80. The van der Waals surface area contributed by atoms with Crippen LogP contribution in [0.5, 0.6) is 0 Å². The maximum absolute atomic E-state index is 13.1. The quantitative estimate of drug-likeness (QED) is 0.610. The van der Waals surface area contributed by atoms with Crippen molar-refractivity contribution >= 4 is 22.4 Å². The molecule has 0 N–H and O–H groups in total. The van der Waals surface area contributed by atoms with E-state index in [0.29, 0.717) is 18.0 Å². The largest absolute Gasteiger partial charge is 0.391 e. The molecular formula is C20H21F3N2OS. The van der Waals surface area contributed by atoms with E-state index in [1.807, 2.05) is 35.7 Å². The fraction of sp³-hybridized carbons (Fsp3) is 0.400. The standard InChI is InChI=1S/C20H21F3N2OS/c1-2-11-25(18(26)15-9-6-10-16(12-15)20(21,22)23)19-24-17(13-27-19)14-7-4-3-5-8-14/h2-5,7-8,13,15-16H,1,6,9-12H2. The average Bonchev–Trinajstić information content (AvgIpc) is 3.15. The van der Waals surface area contributed by atoms with E-state index in [1.54, 1.807) is 6.08 Å². The molecule has 1 saturated carbocycles. The number of benzene rings is 1. The third kappa shape index (κ3) is 4.58. The van der Waals surface area contributed by atoms with Crippen LogP contribution in [0.3, 0.4) is 0 Å². The Hall–Kier alpha value is -2.15. The lowest BCUT2D eigenvalue weighted by molar-refractivity contribution is -0.186. The predicted molar refractivity (Wildman–Crippen MR) is 102 cm³/mol. The maximum Gasteiger partial charge on any atom is 0.391 e. The van der Waals surface area contributed by atoms with Crippen LogP contribution in [0.25, 0.3) is 11.3 Å². The second-order valence-corrected chi connectivity index (χ2v) is 7.56. The van der Waals surface area contributed by atoms with Crippen LogP contribution in [0, 0.1) is 11.8 Å². The summed E-state index contributed by atoms with van der Waals surface area (Å²) in [7, 11) is 0. The van der Waals surface area contributed by atoms with Crippen LogP contribution in [0.15, 0.2) is 48.4 Å². The molecule has 144 valence electrons. The number of carbonyl (C=O) groups is 1. The third-order valence-electron chi connectivity index (χ3n) is 4.86. The van der Waals surface area contributed by atoms with Crippen molar-refractivity contribution < 1.29 is 18.0 Å². The van der Waals surface area contributed by atoms with Gasteiger partial charge in [0.15, 0.2) is 5.13 Å². The highest BCUT2D eigenvalue weighted by Gasteiger charge is 2.44. The number of aromatic nitrogens is 1. The number of halogens is 3. The number of nitrogens with zero attached hydrogens (tertiary/aromatic N) is 2. The molecule has 0 spiro atoms. The predicted octanol–water partition coefficient (Wildman–Crippen LogP) is 5.70. The first kappa shape index (κ1) is 19.6. The average molecular weight is 394 g/mol. The van der Waals surface area contributed by atoms with Gasteiger partial charge in [-0.25, -0.2) is 4.98 Å². The van der Waals surface area contributed by atoms with Crippen LogP contribution in [0.4, 0.5) is 18.3 Å². The van der Waals surface area contributed by atoms with E-state index in [9.17, 15) is 18.0 Å². The van der Waals surface area contributed by atoms with E-state index in [1.165, 1.54) is 16.2 Å². The molecule has 2 aromatic rings. The summed E-state index contributed by atoms with van der Waals surface area (Å²) in [6.07, 6.45) is -1.82. The Labute approximate surface area is 160 Å². The van der Waals surface area contributed by atoms with Crippen LogP contribution in [0.2, 0.25) is 0 Å². The SMILES string of the molecule is C=CCN(C(=O)C1CCCC(C(F)(F)F)C1)c1nc(-c2ccccc2)cs1. The highest BCUT2D eigenvalue weighted by molar-refractivity contribution is 7.14. The van der Waals surface area contributed by atoms with Crippen molar-refractivity contribution in [2.75, 3.05) is 11.4 Å². The normalized spacial score (nSPS) is 20.3. The van der Waals surface area contributed by atoms with Gasteiger partial charge in [0.1, 0.15) is 0 Å². The summed E-state index contributed by atoms with van der Waals surface area (Å²) in [6, 6.07) is 9.56. The minimum absolute atomic E-state index is 0.101. The third-order valence-corrected chi connectivity index (χ3v) is 5.72. The van der Waals surface area contributed by atoms with E-state index >= 15 is 0 Å². The molecule has 1 fully saturated rings. The molecule has 1 aromatic carbocycles. The summed E-state index contributed by atoms with van der Waals surface area (Å²) in [5.41, 5.74) is 1.68. The molecule has 1 aliphatic rings. The number of alkyl halides is 3. The highest BCUT2D eigenvalue weighted by atomic mass is 32.1. The van der Waals surface area contributed by atoms with Gasteiger partial charge in [0, 0.05) is 23.4 Å². The number of amides is 1. The monoisotopic (exact) mass is 394 g/mol. The molecule has 0 aliphatic heterocycles. The van der Waals surface area contributed by atoms with E-state index in [-0.39, 0.29) is 25.3 Å². The second-order valence-electron chi connectivity index (χ2n) is 6.72. The molecule has 1 amide bonds. The van der Waals surface area contributed by atoms with Gasteiger partial charge in [0.25, 0.3) is 0 Å². The Morgan fingerprint density at radius 2 is 2.04 bits per heavy atom. The molecule has 0 saturated heterocycles. The van der Waals surface area contributed by atoms with E-state index < -0.39 is 18.0 Å². The lowest BCUT2D eigenvalue weighted by atomic mass is 9.80. The fourth-order valence-corrected chi connectivity index (χ4v) is 4.30. The summed E-state index contributed by atoms with van der Waals surface area (Å²) in [4.78, 5) is 19.0. The van der Waals surface area contributed by atoms with Crippen molar-refractivity contribution in [3.05, 3.63) is 48.4 Å². The first-order chi connectivity index (χ1) is 12.9. The van der Waals surface area contributed by atoms with Gasteiger partial charge in [-0.05, 0) is 19.3 Å². The van der Waals surface area contributed by atoms with Crippen molar-refractivity contribution in [1.82, 2.24) is 4.98 Å². The molecule has 1 aliphatic carbocycles. The van der Waals surface area contributed by atoms with E-state index in [0.717, 1.165) is 11.3 Å². The summed E-state index contributed by atoms with van der Waals surface area (Å²) in [5.74, 6) is -2.32. The summed E-state index contributed by atoms with van der Waals surface area (Å²) < 4.78 is 39.3. The van der Waals surface area contributed by atoms with Crippen LogP contribution in [0.1, 0.15) is 25.7 Å². The molecule has 3 nitrogen and oxygen atoms in total. The van der Waals surface area contributed by atoms with Gasteiger partial charge in [-0.15, -0.1) is 17.9 Å². The van der Waals surface area contributed by atoms with Gasteiger partial charge in [-0.1, -0.05) is 42.8 Å². The van der Waals surface area contributed by atoms with Gasteiger partial charge in [-0.3, -0.25) is 9.69 Å². The van der Waals surface area contributed by atoms with Crippen molar-refractivity contribution in [3.63, 3.8) is 0 Å². The number of rotatable bonds is 5. The first-order valence-corrected chi connectivity index (χ1v) is 9.78. The van der Waals surface area contributed by atoms with Crippen molar-refractivity contribution in [2.45, 2.75) is 31.9 Å². The molecule has 3 rings (SSSR count). The summed E-state index contributed by atoms with van der Waals surface area (Å²) >= 11 is 1.32. The van der Waals surface area contributed by atoms with Crippen molar-refractivity contribution in [1.29, 1.82) is 0 Å². The molecule has 0 bridgehead atoms. The topological polar surface area (TPSA) is 33.2 Å². The van der Waals surface area contributed by atoms with Crippen LogP contribution in [-0.2, 0) is 4.79 Å². The van der Waals surface area contributed by atoms with E-state index in [4.69, 9.17) is 0 Å². The number of carbonyl (C=O) groups excluding carboxylic acids is 1. The number of anilines is 1. The second kappa shape index (κ2) is 8.25. The molecular weight excluding hydrogens is 373 g/mol. The van der Waals surface area contributed by atoms with Crippen molar-refractivity contribution in [3.8, 4) is 11.3 Å². The van der Waals surface area contributed by atoms with Gasteiger partial charge in [0.2, 0.25) is 5.91 Å². The Kier molecular flexibility index (Phi) is 5.99. The lowest BCUT2D eigenvalue weighted by Crippen LogP contribution is -2.40. The van der Waals surface area contributed by atoms with Crippen LogP contribution >= 0.6 is 11.3 Å². The molecule has 0 radical (unpaired) electrons. The summed E-state index contributed by atoms with van der Waals surface area (Å²) in [6.45, 7) is 3.91. The minimum atomic E-state index is -4.25. The van der Waals surface area contributed by atoms with Crippen LogP contribution < -0.4 is 4.90 Å². The van der Waals surface area contributed by atoms with Gasteiger partial charge < -0.3 is 0 Å².